The van der Waals surface area contributed by atoms with Crippen molar-refractivity contribution < 1.29 is 14.3 Å². The molecular weight excluding hydrogens is 347 g/mol. The Morgan fingerprint density at radius 1 is 1.04 bits per heavy atom. The van der Waals surface area contributed by atoms with Gasteiger partial charge < -0.3 is 15.7 Å². The van der Waals surface area contributed by atoms with Crippen molar-refractivity contribution >= 4 is 40.7 Å². The highest BCUT2D eigenvalue weighted by atomic mass is 35.5. The van der Waals surface area contributed by atoms with Crippen molar-refractivity contribution in [1.82, 2.24) is 9.97 Å². The minimum Gasteiger partial charge on any atom is -0.478 e. The number of aromatic nitrogens is 2. The highest BCUT2D eigenvalue weighted by Gasteiger charge is 2.13. The zero-order chi connectivity index (χ0) is 17.8. The quantitative estimate of drug-likeness (QED) is 0.624. The number of carboxylic acids is 1. The van der Waals surface area contributed by atoms with Crippen LogP contribution in [0.4, 0.5) is 27.5 Å². The Morgan fingerprint density at radius 2 is 1.72 bits per heavy atom. The van der Waals surface area contributed by atoms with Crippen LogP contribution in [0.5, 0.6) is 0 Å². The van der Waals surface area contributed by atoms with Gasteiger partial charge in [0.25, 0.3) is 0 Å². The molecule has 25 heavy (non-hydrogen) atoms. The molecule has 1 heterocycles. The zero-order valence-electron chi connectivity index (χ0n) is 12.7. The van der Waals surface area contributed by atoms with Gasteiger partial charge in [-0.25, -0.2) is 14.2 Å². The molecule has 0 unspecified atom stereocenters. The smallest absolute Gasteiger partial charge is 0.337 e. The predicted octanol–water partition coefficient (Wildman–Crippen LogP) is 4.45. The van der Waals surface area contributed by atoms with Gasteiger partial charge in [-0.05, 0) is 24.3 Å². The standard InChI is InChI=1S/C17H12ClFN4O2/c18-11-6-2-4-8-14(11)21-15-12(19)9-20-17(23-15)22-13-7-3-1-5-10(13)16(24)25/h1-9H,(H,24,25)(H2,20,21,22,23). The van der Waals surface area contributed by atoms with Gasteiger partial charge in [-0.3, -0.25) is 0 Å². The van der Waals surface area contributed by atoms with Gasteiger partial charge in [0, 0.05) is 0 Å². The average Bonchev–Trinajstić information content (AvgIpc) is 2.60. The van der Waals surface area contributed by atoms with Crippen LogP contribution >= 0.6 is 11.6 Å². The summed E-state index contributed by atoms with van der Waals surface area (Å²) in [7, 11) is 0. The SMILES string of the molecule is O=C(O)c1ccccc1Nc1ncc(F)c(Nc2ccccc2Cl)n1. The zero-order valence-corrected chi connectivity index (χ0v) is 13.5. The summed E-state index contributed by atoms with van der Waals surface area (Å²) in [5.41, 5.74) is 0.833. The number of hydrogen-bond donors (Lipinski definition) is 3. The third kappa shape index (κ3) is 3.84. The summed E-state index contributed by atoms with van der Waals surface area (Å²) in [6.45, 7) is 0. The molecule has 0 fully saturated rings. The van der Waals surface area contributed by atoms with Crippen LogP contribution in [-0.2, 0) is 0 Å². The molecule has 0 bridgehead atoms. The van der Waals surface area contributed by atoms with Crippen LogP contribution in [-0.4, -0.2) is 21.0 Å². The number of rotatable bonds is 5. The first kappa shape index (κ1) is 16.7. The number of aromatic carboxylic acids is 1. The Labute approximate surface area is 147 Å². The molecule has 0 atom stereocenters. The number of para-hydroxylation sites is 2. The van der Waals surface area contributed by atoms with Crippen molar-refractivity contribution in [1.29, 1.82) is 0 Å². The summed E-state index contributed by atoms with van der Waals surface area (Å²) in [4.78, 5) is 19.1. The number of carbonyl (C=O) groups is 1. The second-order valence-electron chi connectivity index (χ2n) is 4.97. The van der Waals surface area contributed by atoms with Gasteiger partial charge in [-0.2, -0.15) is 4.98 Å². The van der Waals surface area contributed by atoms with E-state index in [0.717, 1.165) is 6.20 Å². The van der Waals surface area contributed by atoms with E-state index < -0.39 is 11.8 Å². The first-order valence-corrected chi connectivity index (χ1v) is 7.56. The van der Waals surface area contributed by atoms with E-state index in [9.17, 15) is 14.3 Å². The first-order valence-electron chi connectivity index (χ1n) is 7.18. The van der Waals surface area contributed by atoms with Crippen LogP contribution in [0.1, 0.15) is 10.4 Å². The van der Waals surface area contributed by atoms with Gasteiger partial charge >= 0.3 is 5.97 Å². The first-order chi connectivity index (χ1) is 12.0. The number of carboxylic acid groups (broad SMARTS) is 1. The van der Waals surface area contributed by atoms with Crippen molar-refractivity contribution in [3.63, 3.8) is 0 Å². The summed E-state index contributed by atoms with van der Waals surface area (Å²) in [5.74, 6) is -1.81. The monoisotopic (exact) mass is 358 g/mol. The maximum atomic E-state index is 14.0. The third-order valence-electron chi connectivity index (χ3n) is 3.27. The summed E-state index contributed by atoms with van der Waals surface area (Å²) < 4.78 is 14.0. The van der Waals surface area contributed by atoms with Crippen molar-refractivity contribution in [2.75, 3.05) is 10.6 Å². The lowest BCUT2D eigenvalue weighted by Crippen LogP contribution is -2.06. The fraction of sp³-hybridized carbons (Fsp3) is 0. The van der Waals surface area contributed by atoms with Crippen LogP contribution in [0.3, 0.4) is 0 Å². The van der Waals surface area contributed by atoms with Gasteiger partial charge in [-0.15, -0.1) is 0 Å². The molecule has 0 saturated heterocycles. The molecule has 0 aliphatic carbocycles. The molecule has 3 rings (SSSR count). The molecule has 0 saturated carbocycles. The van der Waals surface area contributed by atoms with E-state index >= 15 is 0 Å². The lowest BCUT2D eigenvalue weighted by Gasteiger charge is -2.11. The highest BCUT2D eigenvalue weighted by molar-refractivity contribution is 6.33. The Hall–Kier alpha value is -3.19. The summed E-state index contributed by atoms with van der Waals surface area (Å²) >= 11 is 6.04. The normalized spacial score (nSPS) is 10.3. The fourth-order valence-electron chi connectivity index (χ4n) is 2.10. The average molecular weight is 359 g/mol. The summed E-state index contributed by atoms with van der Waals surface area (Å²) in [6, 6.07) is 13.1. The van der Waals surface area contributed by atoms with Crippen LogP contribution in [0.25, 0.3) is 0 Å². The largest absolute Gasteiger partial charge is 0.478 e. The minimum atomic E-state index is -1.10. The topological polar surface area (TPSA) is 87.1 Å². The molecule has 0 aliphatic heterocycles. The van der Waals surface area contributed by atoms with Crippen molar-refractivity contribution in [2.24, 2.45) is 0 Å². The van der Waals surface area contributed by atoms with Crippen molar-refractivity contribution in [3.8, 4) is 0 Å². The highest BCUT2D eigenvalue weighted by Crippen LogP contribution is 2.26. The van der Waals surface area contributed by atoms with E-state index in [1.165, 1.54) is 6.07 Å². The Kier molecular flexibility index (Phi) is 4.76. The lowest BCUT2D eigenvalue weighted by molar-refractivity contribution is 0.0698. The van der Waals surface area contributed by atoms with Gasteiger partial charge in [0.1, 0.15) is 0 Å². The molecule has 3 N–H and O–H groups in total. The van der Waals surface area contributed by atoms with Gasteiger partial charge in [-0.1, -0.05) is 35.9 Å². The second kappa shape index (κ2) is 7.14. The molecular formula is C17H12ClFN4O2. The maximum absolute atomic E-state index is 14.0. The number of benzene rings is 2. The summed E-state index contributed by atoms with van der Waals surface area (Å²) in [6.07, 6.45) is 0.984. The molecule has 126 valence electrons. The fourth-order valence-corrected chi connectivity index (χ4v) is 2.29. The Morgan fingerprint density at radius 3 is 2.44 bits per heavy atom. The molecule has 0 amide bonds. The summed E-state index contributed by atoms with van der Waals surface area (Å²) in [5, 5.41) is 15.2. The molecule has 0 radical (unpaired) electrons. The number of hydrogen-bond acceptors (Lipinski definition) is 5. The molecule has 1 aromatic heterocycles. The van der Waals surface area contributed by atoms with Crippen LogP contribution < -0.4 is 10.6 Å². The molecule has 6 nitrogen and oxygen atoms in total. The van der Waals surface area contributed by atoms with Crippen molar-refractivity contribution in [2.45, 2.75) is 0 Å². The molecule has 0 spiro atoms. The number of halogens is 2. The van der Waals surface area contributed by atoms with Crippen molar-refractivity contribution in [3.05, 3.63) is 71.1 Å². The molecule has 3 aromatic rings. The number of anilines is 4. The van der Waals surface area contributed by atoms with E-state index in [0.29, 0.717) is 16.4 Å². The molecule has 2 aromatic carbocycles. The maximum Gasteiger partial charge on any atom is 0.337 e. The van der Waals surface area contributed by atoms with E-state index in [1.807, 2.05) is 0 Å². The van der Waals surface area contributed by atoms with E-state index in [4.69, 9.17) is 11.6 Å². The number of nitrogens with zero attached hydrogens (tertiary/aromatic N) is 2. The Balaban J connectivity index is 1.90. The predicted molar refractivity (Wildman–Crippen MR) is 93.4 cm³/mol. The van der Waals surface area contributed by atoms with Gasteiger partial charge in [0.15, 0.2) is 11.6 Å². The van der Waals surface area contributed by atoms with Gasteiger partial charge in [0.05, 0.1) is 28.2 Å². The molecule has 0 aliphatic rings. The van der Waals surface area contributed by atoms with Crippen LogP contribution in [0, 0.1) is 5.82 Å². The van der Waals surface area contributed by atoms with Crippen LogP contribution in [0.2, 0.25) is 5.02 Å². The lowest BCUT2D eigenvalue weighted by atomic mass is 10.2. The minimum absolute atomic E-state index is 0.0460. The van der Waals surface area contributed by atoms with E-state index in [-0.39, 0.29) is 17.3 Å². The molecule has 8 heteroatoms. The second-order valence-corrected chi connectivity index (χ2v) is 5.38. The Bertz CT molecular complexity index is 936. The van der Waals surface area contributed by atoms with Crippen LogP contribution in [0.15, 0.2) is 54.7 Å². The number of nitrogens with one attached hydrogen (secondary N) is 2. The van der Waals surface area contributed by atoms with Gasteiger partial charge in [0.2, 0.25) is 5.95 Å². The van der Waals surface area contributed by atoms with E-state index in [1.54, 1.807) is 42.5 Å². The third-order valence-corrected chi connectivity index (χ3v) is 3.60. The van der Waals surface area contributed by atoms with E-state index in [2.05, 4.69) is 20.6 Å².